The quantitative estimate of drug-likeness (QED) is 0.595. The highest BCUT2D eigenvalue weighted by Crippen LogP contribution is 2.37. The second-order valence-electron chi connectivity index (χ2n) is 7.91. The van der Waals surface area contributed by atoms with Gasteiger partial charge in [0.15, 0.2) is 0 Å². The van der Waals surface area contributed by atoms with E-state index >= 15 is 0 Å². The number of hydrogen-bond donors (Lipinski definition) is 3. The third-order valence-corrected chi connectivity index (χ3v) is 5.35. The van der Waals surface area contributed by atoms with Crippen LogP contribution in [0.5, 0.6) is 0 Å². The molecule has 0 unspecified atom stereocenters. The van der Waals surface area contributed by atoms with Crippen molar-refractivity contribution in [3.63, 3.8) is 0 Å². The molecule has 3 aromatic rings. The Bertz CT molecular complexity index is 1170. The van der Waals surface area contributed by atoms with Crippen molar-refractivity contribution in [1.82, 2.24) is 10.3 Å². The van der Waals surface area contributed by atoms with E-state index in [4.69, 9.17) is 0 Å². The summed E-state index contributed by atoms with van der Waals surface area (Å²) in [4.78, 5) is 40.9. The minimum atomic E-state index is -0.606. The lowest BCUT2D eigenvalue weighted by Gasteiger charge is -2.15. The van der Waals surface area contributed by atoms with Crippen LogP contribution < -0.4 is 16.0 Å². The molecule has 1 aliphatic heterocycles. The fourth-order valence-corrected chi connectivity index (χ4v) is 3.48. The maximum atomic E-state index is 12.6. The van der Waals surface area contributed by atoms with Crippen LogP contribution in [0, 0.1) is 0 Å². The predicted octanol–water partition coefficient (Wildman–Crippen LogP) is 3.49. The van der Waals surface area contributed by atoms with E-state index in [9.17, 15) is 14.4 Å². The number of fused-ring (bicyclic) bond motifs is 1. The Hall–Kier alpha value is -4.00. The van der Waals surface area contributed by atoms with Gasteiger partial charge in [0.25, 0.3) is 11.8 Å². The van der Waals surface area contributed by atoms with E-state index in [1.54, 1.807) is 42.7 Å². The lowest BCUT2D eigenvalue weighted by Crippen LogP contribution is -2.26. The minimum absolute atomic E-state index is 0.0781. The molecule has 0 spiro atoms. The van der Waals surface area contributed by atoms with Crippen LogP contribution >= 0.6 is 0 Å². The Morgan fingerprint density at radius 1 is 0.968 bits per heavy atom. The second kappa shape index (κ2) is 8.02. The fourth-order valence-electron chi connectivity index (χ4n) is 3.48. The second-order valence-corrected chi connectivity index (χ2v) is 7.91. The number of nitrogens with zero attached hydrogens (tertiary/aromatic N) is 1. The SMILES string of the molecule is CC1(C)C(=O)Nc2cc(C(=O)NCc3cccc(NC(=O)c4ccncc4)c3)ccc21. The van der Waals surface area contributed by atoms with Gasteiger partial charge in [0.1, 0.15) is 0 Å². The van der Waals surface area contributed by atoms with Crippen molar-refractivity contribution < 1.29 is 14.4 Å². The Morgan fingerprint density at radius 2 is 1.74 bits per heavy atom. The van der Waals surface area contributed by atoms with Gasteiger partial charge in [-0.1, -0.05) is 18.2 Å². The smallest absolute Gasteiger partial charge is 0.255 e. The summed E-state index contributed by atoms with van der Waals surface area (Å²) < 4.78 is 0. The van der Waals surface area contributed by atoms with Crippen LogP contribution in [0.15, 0.2) is 67.0 Å². The number of hydrogen-bond acceptors (Lipinski definition) is 4. The molecule has 3 N–H and O–H groups in total. The third kappa shape index (κ3) is 4.16. The molecule has 0 bridgehead atoms. The highest BCUT2D eigenvalue weighted by Gasteiger charge is 2.38. The molecule has 31 heavy (non-hydrogen) atoms. The molecule has 0 saturated heterocycles. The molecule has 3 amide bonds. The van der Waals surface area contributed by atoms with E-state index < -0.39 is 5.41 Å². The van der Waals surface area contributed by atoms with Gasteiger partial charge >= 0.3 is 0 Å². The molecule has 7 nitrogen and oxygen atoms in total. The monoisotopic (exact) mass is 414 g/mol. The Balaban J connectivity index is 1.40. The first-order valence-corrected chi connectivity index (χ1v) is 9.89. The molecule has 156 valence electrons. The van der Waals surface area contributed by atoms with Crippen molar-refractivity contribution >= 4 is 29.1 Å². The first-order chi connectivity index (χ1) is 14.8. The van der Waals surface area contributed by atoms with Gasteiger partial charge in [-0.05, 0) is 61.4 Å². The minimum Gasteiger partial charge on any atom is -0.348 e. The Labute approximate surface area is 179 Å². The highest BCUT2D eigenvalue weighted by atomic mass is 16.2. The third-order valence-electron chi connectivity index (χ3n) is 5.35. The Morgan fingerprint density at radius 3 is 2.52 bits per heavy atom. The van der Waals surface area contributed by atoms with Crippen molar-refractivity contribution in [3.05, 3.63) is 89.2 Å². The van der Waals surface area contributed by atoms with Crippen molar-refractivity contribution in [1.29, 1.82) is 0 Å². The molecular weight excluding hydrogens is 392 g/mol. The molecule has 1 aliphatic rings. The van der Waals surface area contributed by atoms with Gasteiger partial charge < -0.3 is 16.0 Å². The lowest BCUT2D eigenvalue weighted by molar-refractivity contribution is -0.119. The molecular formula is C24H22N4O3. The van der Waals surface area contributed by atoms with Crippen molar-refractivity contribution in [2.75, 3.05) is 10.6 Å². The average Bonchev–Trinajstić information content (AvgIpc) is 3.00. The standard InChI is InChI=1S/C24H22N4O3/c1-24(2)19-7-6-17(13-20(19)28-23(24)31)21(29)26-14-15-4-3-5-18(12-15)27-22(30)16-8-10-25-11-9-16/h3-13H,14H2,1-2H3,(H,26,29)(H,27,30)(H,28,31). The average molecular weight is 414 g/mol. The van der Waals surface area contributed by atoms with Crippen LogP contribution in [0.25, 0.3) is 0 Å². The zero-order valence-corrected chi connectivity index (χ0v) is 17.2. The summed E-state index contributed by atoms with van der Waals surface area (Å²) in [6.07, 6.45) is 3.12. The number of nitrogens with one attached hydrogen (secondary N) is 3. The van der Waals surface area contributed by atoms with Crippen molar-refractivity contribution in [2.24, 2.45) is 0 Å². The maximum absolute atomic E-state index is 12.6. The van der Waals surface area contributed by atoms with E-state index in [1.807, 2.05) is 38.1 Å². The Kier molecular flexibility index (Phi) is 5.25. The molecule has 0 fully saturated rings. The summed E-state index contributed by atoms with van der Waals surface area (Å²) in [5, 5.41) is 8.55. The van der Waals surface area contributed by atoms with Crippen LogP contribution in [0.1, 0.15) is 45.7 Å². The van der Waals surface area contributed by atoms with Crippen LogP contribution in [0.3, 0.4) is 0 Å². The first-order valence-electron chi connectivity index (χ1n) is 9.89. The molecule has 0 saturated carbocycles. The van der Waals surface area contributed by atoms with Gasteiger partial charge in [-0.2, -0.15) is 0 Å². The van der Waals surface area contributed by atoms with Crippen LogP contribution in [0.4, 0.5) is 11.4 Å². The summed E-state index contributed by atoms with van der Waals surface area (Å²) in [5.74, 6) is -0.551. The number of amides is 3. The number of carbonyl (C=O) groups excluding carboxylic acids is 3. The van der Waals surface area contributed by atoms with E-state index in [0.29, 0.717) is 29.0 Å². The number of anilines is 2. The van der Waals surface area contributed by atoms with Gasteiger partial charge in [0.2, 0.25) is 5.91 Å². The molecule has 0 radical (unpaired) electrons. The van der Waals surface area contributed by atoms with Gasteiger partial charge in [-0.3, -0.25) is 19.4 Å². The van der Waals surface area contributed by atoms with Crippen molar-refractivity contribution in [3.8, 4) is 0 Å². The molecule has 2 heterocycles. The zero-order valence-electron chi connectivity index (χ0n) is 17.2. The van der Waals surface area contributed by atoms with E-state index in [0.717, 1.165) is 11.1 Å². The predicted molar refractivity (Wildman–Crippen MR) is 118 cm³/mol. The van der Waals surface area contributed by atoms with Crippen LogP contribution in [-0.2, 0) is 16.8 Å². The first kappa shape index (κ1) is 20.3. The summed E-state index contributed by atoms with van der Waals surface area (Å²) in [6.45, 7) is 4.01. The maximum Gasteiger partial charge on any atom is 0.255 e. The molecule has 1 aromatic heterocycles. The number of aromatic nitrogens is 1. The number of carbonyl (C=O) groups is 3. The zero-order chi connectivity index (χ0) is 22.0. The molecule has 0 atom stereocenters. The lowest BCUT2D eigenvalue weighted by atomic mass is 9.86. The summed E-state index contributed by atoms with van der Waals surface area (Å²) >= 11 is 0. The number of benzene rings is 2. The van der Waals surface area contributed by atoms with E-state index in [1.165, 1.54) is 0 Å². The normalized spacial score (nSPS) is 13.8. The number of pyridine rings is 1. The topological polar surface area (TPSA) is 100 Å². The van der Waals surface area contributed by atoms with E-state index in [2.05, 4.69) is 20.9 Å². The molecule has 2 aromatic carbocycles. The van der Waals surface area contributed by atoms with E-state index in [-0.39, 0.29) is 17.7 Å². The molecule has 4 rings (SSSR count). The molecule has 0 aliphatic carbocycles. The number of rotatable bonds is 5. The van der Waals surface area contributed by atoms with Crippen LogP contribution in [0.2, 0.25) is 0 Å². The fraction of sp³-hybridized carbons (Fsp3) is 0.167. The highest BCUT2D eigenvalue weighted by molar-refractivity contribution is 6.07. The van der Waals surface area contributed by atoms with Gasteiger partial charge in [0, 0.05) is 41.4 Å². The van der Waals surface area contributed by atoms with Gasteiger partial charge in [-0.25, -0.2) is 0 Å². The summed E-state index contributed by atoms with van der Waals surface area (Å²) in [5.41, 5.74) is 3.41. The van der Waals surface area contributed by atoms with Gasteiger partial charge in [-0.15, -0.1) is 0 Å². The summed E-state index contributed by atoms with van der Waals surface area (Å²) in [6, 6.07) is 15.8. The van der Waals surface area contributed by atoms with Crippen molar-refractivity contribution in [2.45, 2.75) is 25.8 Å². The molecule has 7 heteroatoms. The summed E-state index contributed by atoms with van der Waals surface area (Å²) in [7, 11) is 0. The largest absolute Gasteiger partial charge is 0.348 e. The van der Waals surface area contributed by atoms with Crippen LogP contribution in [-0.4, -0.2) is 22.7 Å². The van der Waals surface area contributed by atoms with Gasteiger partial charge in [0.05, 0.1) is 5.41 Å².